The van der Waals surface area contributed by atoms with Crippen LogP contribution in [0.25, 0.3) is 22.2 Å². The van der Waals surface area contributed by atoms with Crippen LogP contribution in [0.15, 0.2) is 59.3 Å². The molecule has 178 valence electrons. The van der Waals surface area contributed by atoms with E-state index in [1.807, 2.05) is 32.0 Å². The van der Waals surface area contributed by atoms with Crippen LogP contribution in [-0.4, -0.2) is 42.1 Å². The van der Waals surface area contributed by atoms with E-state index in [0.29, 0.717) is 5.89 Å². The number of amides is 1. The van der Waals surface area contributed by atoms with Gasteiger partial charge in [-0.3, -0.25) is 9.78 Å². The molecule has 1 aliphatic heterocycles. The van der Waals surface area contributed by atoms with E-state index >= 15 is 0 Å². The van der Waals surface area contributed by atoms with Crippen molar-refractivity contribution >= 4 is 22.5 Å². The van der Waals surface area contributed by atoms with Gasteiger partial charge in [0.15, 0.2) is 5.89 Å². The normalized spacial score (nSPS) is 16.9. The number of nitrogens with zero attached hydrogens (tertiary/aromatic N) is 3. The summed E-state index contributed by atoms with van der Waals surface area (Å²) in [5.41, 5.74) is 6.10. The molecule has 1 saturated carbocycles. The number of piperazine rings is 1. The zero-order valence-electron chi connectivity index (χ0n) is 20.1. The van der Waals surface area contributed by atoms with Crippen LogP contribution in [0.3, 0.4) is 0 Å². The molecule has 3 heterocycles. The molecule has 0 atom stereocenters. The van der Waals surface area contributed by atoms with Gasteiger partial charge in [0.2, 0.25) is 0 Å². The van der Waals surface area contributed by atoms with Crippen LogP contribution in [-0.2, 0) is 5.54 Å². The minimum absolute atomic E-state index is 0.0308. The van der Waals surface area contributed by atoms with E-state index in [4.69, 9.17) is 4.42 Å². The number of benzene rings is 2. The molecule has 0 bridgehead atoms. The number of carbonyl (C=O) groups is 1. The zero-order valence-corrected chi connectivity index (χ0v) is 20.1. The zero-order chi connectivity index (χ0) is 24.0. The third-order valence-corrected chi connectivity index (χ3v) is 7.20. The quantitative estimate of drug-likeness (QED) is 0.455. The summed E-state index contributed by atoms with van der Waals surface area (Å²) >= 11 is 0. The molecule has 7 heteroatoms. The first kappa shape index (κ1) is 21.8. The van der Waals surface area contributed by atoms with Crippen LogP contribution in [0.4, 0.5) is 5.69 Å². The Hall–Kier alpha value is -3.71. The number of pyridine rings is 1. The topological polar surface area (TPSA) is 83.3 Å². The highest BCUT2D eigenvalue weighted by molar-refractivity contribution is 5.98. The van der Waals surface area contributed by atoms with E-state index < -0.39 is 5.54 Å². The number of aryl methyl sites for hydroxylation is 2. The second-order valence-corrected chi connectivity index (χ2v) is 9.62. The molecule has 1 saturated heterocycles. The van der Waals surface area contributed by atoms with E-state index in [9.17, 15) is 4.79 Å². The van der Waals surface area contributed by atoms with Gasteiger partial charge in [-0.25, -0.2) is 4.98 Å². The Morgan fingerprint density at radius 3 is 2.69 bits per heavy atom. The van der Waals surface area contributed by atoms with Crippen LogP contribution < -0.4 is 15.5 Å². The molecule has 4 aromatic rings. The first-order valence-corrected chi connectivity index (χ1v) is 12.2. The molecule has 7 nitrogen and oxygen atoms in total. The Kier molecular flexibility index (Phi) is 5.29. The van der Waals surface area contributed by atoms with Gasteiger partial charge in [-0.05, 0) is 61.2 Å². The van der Waals surface area contributed by atoms with Crippen LogP contribution in [0.1, 0.15) is 40.2 Å². The Morgan fingerprint density at radius 2 is 1.94 bits per heavy atom. The van der Waals surface area contributed by atoms with Crippen molar-refractivity contribution in [2.24, 2.45) is 0 Å². The fourth-order valence-electron chi connectivity index (χ4n) is 5.07. The van der Waals surface area contributed by atoms with Crippen molar-refractivity contribution in [2.45, 2.75) is 32.2 Å². The second-order valence-electron chi connectivity index (χ2n) is 9.62. The predicted molar refractivity (Wildman–Crippen MR) is 137 cm³/mol. The summed E-state index contributed by atoms with van der Waals surface area (Å²) in [4.78, 5) is 25.1. The number of nitrogens with one attached hydrogen (secondary N) is 2. The van der Waals surface area contributed by atoms with Crippen molar-refractivity contribution < 1.29 is 9.21 Å². The standard InChI is InChI=1S/C28H29N5O2/c1-18-5-6-21(33-12-10-29-11-13-33)16-23(18)27(34)32-28(7-8-28)24-14-20(26-17-35-19(2)31-26)15-25-22(24)4-3-9-30-25/h3-6,9,14-17,29H,7-8,10-13H2,1-2H3,(H,32,34). The van der Waals surface area contributed by atoms with Gasteiger partial charge in [0.1, 0.15) is 12.0 Å². The number of carbonyl (C=O) groups excluding carboxylic acids is 1. The molecule has 6 rings (SSSR count). The lowest BCUT2D eigenvalue weighted by Crippen LogP contribution is -2.43. The van der Waals surface area contributed by atoms with Gasteiger partial charge in [-0.1, -0.05) is 12.1 Å². The average Bonchev–Trinajstić information content (AvgIpc) is 3.53. The molecule has 2 aliphatic rings. The Labute approximate surface area is 204 Å². The lowest BCUT2D eigenvalue weighted by molar-refractivity contribution is 0.0930. The Balaban J connectivity index is 1.36. The largest absolute Gasteiger partial charge is 0.449 e. The molecule has 0 radical (unpaired) electrons. The Morgan fingerprint density at radius 1 is 1.11 bits per heavy atom. The number of fused-ring (bicyclic) bond motifs is 1. The van der Waals surface area contributed by atoms with E-state index in [1.54, 1.807) is 12.5 Å². The molecule has 2 fully saturated rings. The van der Waals surface area contributed by atoms with Crippen molar-refractivity contribution in [3.05, 3.63) is 77.5 Å². The number of anilines is 1. The number of hydrogen-bond donors (Lipinski definition) is 2. The first-order chi connectivity index (χ1) is 17.0. The molecule has 2 aromatic heterocycles. The lowest BCUT2D eigenvalue weighted by Gasteiger charge is -2.30. The summed E-state index contributed by atoms with van der Waals surface area (Å²) in [6.07, 6.45) is 5.25. The van der Waals surface area contributed by atoms with Crippen LogP contribution >= 0.6 is 0 Å². The van der Waals surface area contributed by atoms with E-state index in [0.717, 1.165) is 83.6 Å². The van der Waals surface area contributed by atoms with Gasteiger partial charge >= 0.3 is 0 Å². The maximum Gasteiger partial charge on any atom is 0.252 e. The maximum absolute atomic E-state index is 13.6. The molecule has 0 spiro atoms. The van der Waals surface area contributed by atoms with Crippen molar-refractivity contribution in [3.8, 4) is 11.3 Å². The third-order valence-electron chi connectivity index (χ3n) is 7.20. The molecule has 0 unspecified atom stereocenters. The lowest BCUT2D eigenvalue weighted by atomic mass is 9.95. The first-order valence-electron chi connectivity index (χ1n) is 12.2. The molecule has 35 heavy (non-hydrogen) atoms. The summed E-state index contributed by atoms with van der Waals surface area (Å²) in [6.45, 7) is 7.65. The van der Waals surface area contributed by atoms with E-state index in [-0.39, 0.29) is 5.91 Å². The van der Waals surface area contributed by atoms with Crippen molar-refractivity contribution in [2.75, 3.05) is 31.1 Å². The highest BCUT2D eigenvalue weighted by atomic mass is 16.3. The molecular formula is C28H29N5O2. The van der Waals surface area contributed by atoms with Crippen molar-refractivity contribution in [1.29, 1.82) is 0 Å². The summed E-state index contributed by atoms with van der Waals surface area (Å²) in [6, 6.07) is 14.4. The van der Waals surface area contributed by atoms with E-state index in [1.165, 1.54) is 0 Å². The molecule has 2 N–H and O–H groups in total. The average molecular weight is 468 g/mol. The van der Waals surface area contributed by atoms with Gasteiger partial charge in [-0.2, -0.15) is 0 Å². The summed E-state index contributed by atoms with van der Waals surface area (Å²) in [7, 11) is 0. The third kappa shape index (κ3) is 4.06. The SMILES string of the molecule is Cc1nc(-c2cc(C3(NC(=O)c4cc(N5CCNCC5)ccc4C)CC3)c3cccnc3c2)co1. The number of aromatic nitrogens is 2. The highest BCUT2D eigenvalue weighted by Gasteiger charge is 2.47. The number of rotatable bonds is 5. The van der Waals surface area contributed by atoms with Crippen molar-refractivity contribution in [1.82, 2.24) is 20.6 Å². The molecule has 1 amide bonds. The highest BCUT2D eigenvalue weighted by Crippen LogP contribution is 2.49. The van der Waals surface area contributed by atoms with Gasteiger partial charge in [0.05, 0.1) is 11.1 Å². The van der Waals surface area contributed by atoms with Gasteiger partial charge < -0.3 is 20.0 Å². The number of oxazole rings is 1. The minimum atomic E-state index is -0.412. The predicted octanol–water partition coefficient (Wildman–Crippen LogP) is 4.34. The smallest absolute Gasteiger partial charge is 0.252 e. The van der Waals surface area contributed by atoms with Crippen LogP contribution in [0.5, 0.6) is 0 Å². The van der Waals surface area contributed by atoms with Crippen LogP contribution in [0.2, 0.25) is 0 Å². The van der Waals surface area contributed by atoms with Crippen LogP contribution in [0, 0.1) is 13.8 Å². The Bertz CT molecular complexity index is 1420. The van der Waals surface area contributed by atoms with Crippen molar-refractivity contribution in [3.63, 3.8) is 0 Å². The minimum Gasteiger partial charge on any atom is -0.449 e. The maximum atomic E-state index is 13.6. The molecular weight excluding hydrogens is 438 g/mol. The molecule has 1 aliphatic carbocycles. The molecule has 2 aromatic carbocycles. The van der Waals surface area contributed by atoms with Gasteiger partial charge in [0, 0.05) is 61.5 Å². The van der Waals surface area contributed by atoms with Gasteiger partial charge in [-0.15, -0.1) is 0 Å². The van der Waals surface area contributed by atoms with Gasteiger partial charge in [0.25, 0.3) is 5.91 Å². The fourth-order valence-corrected chi connectivity index (χ4v) is 5.07. The summed E-state index contributed by atoms with van der Waals surface area (Å²) in [5, 5.41) is 7.85. The summed E-state index contributed by atoms with van der Waals surface area (Å²) in [5.74, 6) is 0.591. The fraction of sp³-hybridized carbons (Fsp3) is 0.321. The summed E-state index contributed by atoms with van der Waals surface area (Å²) < 4.78 is 5.46. The second kappa shape index (κ2) is 8.50. The number of hydrogen-bond acceptors (Lipinski definition) is 6. The monoisotopic (exact) mass is 467 g/mol. The van der Waals surface area contributed by atoms with E-state index in [2.05, 4.69) is 49.8 Å².